The molecule has 0 aromatic heterocycles. The van der Waals surface area contributed by atoms with E-state index in [9.17, 15) is 8.42 Å². The second-order valence-corrected chi connectivity index (χ2v) is 8.74. The number of nitrogens with one attached hydrogen (secondary N) is 1. The van der Waals surface area contributed by atoms with Gasteiger partial charge in [0.05, 0.1) is 17.6 Å². The molecule has 3 rings (SSSR count). The summed E-state index contributed by atoms with van der Waals surface area (Å²) in [4.78, 5) is 6.91. The topological polar surface area (TPSA) is 80.2 Å². The highest BCUT2D eigenvalue weighted by molar-refractivity contribution is 14.0. The van der Waals surface area contributed by atoms with Gasteiger partial charge in [-0.2, -0.15) is 0 Å². The molecule has 1 aromatic carbocycles. The quantitative estimate of drug-likeness (QED) is 0.378. The summed E-state index contributed by atoms with van der Waals surface area (Å²) in [5.41, 5.74) is 1.00. The molecule has 2 unspecified atom stereocenters. The molecule has 0 bridgehead atoms. The van der Waals surface area contributed by atoms with Gasteiger partial charge in [0, 0.05) is 39.5 Å². The summed E-state index contributed by atoms with van der Waals surface area (Å²) in [6.07, 6.45) is 3.63. The van der Waals surface area contributed by atoms with Gasteiger partial charge in [0.1, 0.15) is 6.10 Å². The van der Waals surface area contributed by atoms with E-state index < -0.39 is 9.84 Å². The van der Waals surface area contributed by atoms with E-state index in [0.29, 0.717) is 18.0 Å². The average molecular weight is 509 g/mol. The number of halogens is 1. The Bertz CT molecular complexity index is 733. The van der Waals surface area contributed by atoms with Gasteiger partial charge in [0.2, 0.25) is 0 Å². The summed E-state index contributed by atoms with van der Waals surface area (Å²) in [6.45, 7) is 3.61. The molecule has 2 atom stereocenters. The summed E-state index contributed by atoms with van der Waals surface area (Å²) in [5, 5.41) is 3.35. The number of sulfone groups is 1. The van der Waals surface area contributed by atoms with Gasteiger partial charge in [-0.3, -0.25) is 4.99 Å². The average Bonchev–Trinajstić information content (AvgIpc) is 3.17. The molecular weight excluding hydrogens is 481 g/mol. The standard InChI is InChI=1S/C18H27N3O4S.HI/c1-19-18(20-12-14-5-7-15(8-6-14)26(2,22)23)21-9-11-25-17(13-21)16-4-3-10-24-16;/h5-8,16-17H,3-4,9-13H2,1-2H3,(H,19,20);1H. The van der Waals surface area contributed by atoms with Gasteiger partial charge in [-0.15, -0.1) is 24.0 Å². The maximum atomic E-state index is 11.5. The zero-order valence-electron chi connectivity index (χ0n) is 15.8. The lowest BCUT2D eigenvalue weighted by molar-refractivity contribution is -0.0817. The van der Waals surface area contributed by atoms with Crippen molar-refractivity contribution < 1.29 is 17.9 Å². The largest absolute Gasteiger partial charge is 0.375 e. The van der Waals surface area contributed by atoms with Crippen LogP contribution < -0.4 is 5.32 Å². The Balaban J connectivity index is 0.00000261. The molecule has 0 amide bonds. The molecule has 9 heteroatoms. The van der Waals surface area contributed by atoms with E-state index in [-0.39, 0.29) is 36.2 Å². The van der Waals surface area contributed by atoms with Crippen LogP contribution in [0.1, 0.15) is 18.4 Å². The number of hydrogen-bond donors (Lipinski definition) is 1. The van der Waals surface area contributed by atoms with E-state index in [0.717, 1.165) is 44.1 Å². The Labute approximate surface area is 178 Å². The van der Waals surface area contributed by atoms with Gasteiger partial charge in [-0.1, -0.05) is 12.1 Å². The van der Waals surface area contributed by atoms with Crippen molar-refractivity contribution in [2.75, 3.05) is 39.6 Å². The Hall–Kier alpha value is -0.910. The molecule has 2 fully saturated rings. The molecular formula is C18H28IN3O4S. The monoisotopic (exact) mass is 509 g/mol. The summed E-state index contributed by atoms with van der Waals surface area (Å²) in [6, 6.07) is 6.92. The Morgan fingerprint density at radius 3 is 2.52 bits per heavy atom. The second kappa shape index (κ2) is 10.0. The number of nitrogens with zero attached hydrogens (tertiary/aromatic N) is 2. The molecule has 2 aliphatic rings. The molecule has 1 aromatic rings. The first-order valence-corrected chi connectivity index (χ1v) is 10.8. The van der Waals surface area contributed by atoms with Crippen LogP contribution in [0.3, 0.4) is 0 Å². The summed E-state index contributed by atoms with van der Waals surface area (Å²) in [7, 11) is -1.40. The van der Waals surface area contributed by atoms with Gasteiger partial charge in [0.15, 0.2) is 15.8 Å². The van der Waals surface area contributed by atoms with Gasteiger partial charge >= 0.3 is 0 Å². The van der Waals surface area contributed by atoms with E-state index in [1.54, 1.807) is 19.2 Å². The van der Waals surface area contributed by atoms with Crippen LogP contribution in [-0.2, 0) is 25.9 Å². The predicted molar refractivity (Wildman–Crippen MR) is 115 cm³/mol. The molecule has 0 aliphatic carbocycles. The Morgan fingerprint density at radius 2 is 1.93 bits per heavy atom. The first-order chi connectivity index (χ1) is 12.5. The first-order valence-electron chi connectivity index (χ1n) is 8.95. The van der Waals surface area contributed by atoms with Crippen molar-refractivity contribution in [3.8, 4) is 0 Å². The fourth-order valence-electron chi connectivity index (χ4n) is 3.36. The van der Waals surface area contributed by atoms with E-state index in [2.05, 4.69) is 15.2 Å². The first kappa shape index (κ1) is 22.4. The minimum absolute atomic E-state index is 0. The molecule has 2 aliphatic heterocycles. The molecule has 0 spiro atoms. The van der Waals surface area contributed by atoms with Gasteiger partial charge in [0.25, 0.3) is 0 Å². The summed E-state index contributed by atoms with van der Waals surface area (Å²) in [5.74, 6) is 0.823. The number of morpholine rings is 1. The molecule has 2 saturated heterocycles. The molecule has 0 radical (unpaired) electrons. The van der Waals surface area contributed by atoms with Crippen LogP contribution in [0.5, 0.6) is 0 Å². The number of benzene rings is 1. The van der Waals surface area contributed by atoms with Crippen LogP contribution in [0.4, 0.5) is 0 Å². The number of hydrogen-bond acceptors (Lipinski definition) is 5. The van der Waals surface area contributed by atoms with Crippen LogP contribution in [0.25, 0.3) is 0 Å². The van der Waals surface area contributed by atoms with E-state index >= 15 is 0 Å². The Kier molecular flexibility index (Phi) is 8.32. The molecule has 2 heterocycles. The zero-order chi connectivity index (χ0) is 18.6. The maximum Gasteiger partial charge on any atom is 0.194 e. The molecule has 0 saturated carbocycles. The van der Waals surface area contributed by atoms with E-state index in [1.165, 1.54) is 6.26 Å². The summed E-state index contributed by atoms with van der Waals surface area (Å²) < 4.78 is 34.7. The van der Waals surface area contributed by atoms with E-state index in [1.807, 2.05) is 12.1 Å². The fraction of sp³-hybridized carbons (Fsp3) is 0.611. The minimum atomic E-state index is -3.17. The number of ether oxygens (including phenoxy) is 2. The molecule has 152 valence electrons. The maximum absolute atomic E-state index is 11.5. The van der Waals surface area contributed by atoms with Gasteiger partial charge in [-0.05, 0) is 30.5 Å². The highest BCUT2D eigenvalue weighted by Crippen LogP contribution is 2.21. The summed E-state index contributed by atoms with van der Waals surface area (Å²) >= 11 is 0. The lowest BCUT2D eigenvalue weighted by atomic mass is 10.1. The van der Waals surface area contributed by atoms with Crippen molar-refractivity contribution in [3.05, 3.63) is 29.8 Å². The highest BCUT2D eigenvalue weighted by Gasteiger charge is 2.32. The lowest BCUT2D eigenvalue weighted by Gasteiger charge is -2.37. The number of guanidine groups is 1. The molecule has 1 N–H and O–H groups in total. The van der Waals surface area contributed by atoms with Crippen molar-refractivity contribution in [1.82, 2.24) is 10.2 Å². The highest BCUT2D eigenvalue weighted by atomic mass is 127. The Morgan fingerprint density at radius 1 is 1.22 bits per heavy atom. The van der Waals surface area contributed by atoms with Crippen LogP contribution in [0.15, 0.2) is 34.2 Å². The van der Waals surface area contributed by atoms with Crippen LogP contribution >= 0.6 is 24.0 Å². The SMILES string of the molecule is CN=C(NCc1ccc(S(C)(=O)=O)cc1)N1CCOC(C2CCCO2)C1.I. The number of aliphatic imine (C=N–C) groups is 1. The van der Waals surface area contributed by atoms with Crippen molar-refractivity contribution in [2.24, 2.45) is 4.99 Å². The fourth-order valence-corrected chi connectivity index (χ4v) is 3.99. The third-order valence-corrected chi connectivity index (χ3v) is 5.91. The van der Waals surface area contributed by atoms with Crippen molar-refractivity contribution in [2.45, 2.75) is 36.5 Å². The third-order valence-electron chi connectivity index (χ3n) is 4.79. The van der Waals surface area contributed by atoms with Crippen molar-refractivity contribution in [1.29, 1.82) is 0 Å². The number of rotatable bonds is 4. The second-order valence-electron chi connectivity index (χ2n) is 6.72. The zero-order valence-corrected chi connectivity index (χ0v) is 18.9. The normalized spacial score (nSPS) is 23.8. The third kappa shape index (κ3) is 6.03. The lowest BCUT2D eigenvalue weighted by Crippen LogP contribution is -2.53. The van der Waals surface area contributed by atoms with E-state index in [4.69, 9.17) is 9.47 Å². The molecule has 27 heavy (non-hydrogen) atoms. The van der Waals surface area contributed by atoms with Gasteiger partial charge in [-0.25, -0.2) is 8.42 Å². The van der Waals surface area contributed by atoms with Crippen molar-refractivity contribution >= 4 is 39.8 Å². The van der Waals surface area contributed by atoms with Crippen LogP contribution in [0, 0.1) is 0 Å². The smallest absolute Gasteiger partial charge is 0.194 e. The minimum Gasteiger partial charge on any atom is -0.375 e. The predicted octanol–water partition coefficient (Wildman–Crippen LogP) is 1.66. The van der Waals surface area contributed by atoms with Gasteiger partial charge < -0.3 is 19.7 Å². The molecule has 7 nitrogen and oxygen atoms in total. The van der Waals surface area contributed by atoms with Crippen LogP contribution in [0.2, 0.25) is 0 Å². The van der Waals surface area contributed by atoms with Crippen LogP contribution in [-0.4, -0.2) is 71.1 Å². The van der Waals surface area contributed by atoms with Crippen molar-refractivity contribution in [3.63, 3.8) is 0 Å².